The number of carbonyl (C=O) groups is 1. The molecule has 0 bridgehead atoms. The standard InChI is InChI=1S/C18H25N5O4/c1-4-10(5-2)17(26)27-7-11-9(3)12(6-13(11)24)23-8-20-14-15(23)21-18(19)22-16(14)25/h8,10-13,24H,3-7H2,1-2H3,(H3,19,21,22,25)/t11-,12-,13-/m0/s1. The second-order valence-corrected chi connectivity index (χ2v) is 6.92. The van der Waals surface area contributed by atoms with E-state index >= 15 is 0 Å². The van der Waals surface area contributed by atoms with E-state index < -0.39 is 11.7 Å². The molecule has 9 heteroatoms. The number of anilines is 1. The molecule has 2 aromatic heterocycles. The van der Waals surface area contributed by atoms with Gasteiger partial charge in [0.2, 0.25) is 5.95 Å². The van der Waals surface area contributed by atoms with E-state index in [9.17, 15) is 14.7 Å². The number of ether oxygens (including phenoxy) is 1. The smallest absolute Gasteiger partial charge is 0.308 e. The number of hydrogen-bond acceptors (Lipinski definition) is 7. The van der Waals surface area contributed by atoms with E-state index in [0.717, 1.165) is 12.8 Å². The molecule has 0 saturated heterocycles. The lowest BCUT2D eigenvalue weighted by Crippen LogP contribution is -2.25. The van der Waals surface area contributed by atoms with Gasteiger partial charge in [-0.25, -0.2) is 4.98 Å². The molecule has 1 aliphatic carbocycles. The average molecular weight is 375 g/mol. The summed E-state index contributed by atoms with van der Waals surface area (Å²) in [5.74, 6) is -0.777. The first-order valence-corrected chi connectivity index (χ1v) is 9.13. The SMILES string of the molecule is C=C1[C@H](COC(=O)C(CC)CC)[C@@H](O)C[C@@H]1n1cnc2c(=O)[nH]c(N)nc21. The molecule has 0 radical (unpaired) electrons. The lowest BCUT2D eigenvalue weighted by molar-refractivity contribution is -0.150. The van der Waals surface area contributed by atoms with E-state index in [1.165, 1.54) is 6.33 Å². The number of hydrogen-bond donors (Lipinski definition) is 3. The van der Waals surface area contributed by atoms with E-state index in [4.69, 9.17) is 10.5 Å². The minimum atomic E-state index is -0.714. The van der Waals surface area contributed by atoms with E-state index in [0.29, 0.717) is 17.6 Å². The minimum absolute atomic E-state index is 0.00550. The number of carbonyl (C=O) groups excluding carboxylic acids is 1. The first-order chi connectivity index (χ1) is 12.9. The zero-order chi connectivity index (χ0) is 19.7. The lowest BCUT2D eigenvalue weighted by Gasteiger charge is -2.19. The summed E-state index contributed by atoms with van der Waals surface area (Å²) in [6.45, 7) is 8.06. The van der Waals surface area contributed by atoms with Crippen molar-refractivity contribution in [1.82, 2.24) is 19.5 Å². The van der Waals surface area contributed by atoms with Crippen molar-refractivity contribution >= 4 is 23.1 Å². The van der Waals surface area contributed by atoms with Crippen molar-refractivity contribution in [3.05, 3.63) is 28.8 Å². The predicted octanol–water partition coefficient (Wildman–Crippen LogP) is 1.16. The number of imidazole rings is 1. The third kappa shape index (κ3) is 3.46. The molecular weight excluding hydrogens is 350 g/mol. The number of fused-ring (bicyclic) bond motifs is 1. The summed E-state index contributed by atoms with van der Waals surface area (Å²) in [4.78, 5) is 34.7. The number of aliphatic hydroxyl groups is 1. The maximum Gasteiger partial charge on any atom is 0.308 e. The third-order valence-corrected chi connectivity index (χ3v) is 5.34. The molecule has 0 amide bonds. The number of aromatic amines is 1. The van der Waals surface area contributed by atoms with Crippen molar-refractivity contribution < 1.29 is 14.6 Å². The molecule has 3 rings (SSSR count). The minimum Gasteiger partial charge on any atom is -0.465 e. The zero-order valence-electron chi connectivity index (χ0n) is 15.5. The van der Waals surface area contributed by atoms with E-state index in [2.05, 4.69) is 21.5 Å². The van der Waals surface area contributed by atoms with Gasteiger partial charge < -0.3 is 20.1 Å². The van der Waals surface area contributed by atoms with Crippen LogP contribution in [0.2, 0.25) is 0 Å². The Bertz CT molecular complexity index is 914. The Hall–Kier alpha value is -2.68. The van der Waals surface area contributed by atoms with Gasteiger partial charge in [0.25, 0.3) is 5.56 Å². The van der Waals surface area contributed by atoms with E-state index in [1.807, 2.05) is 13.8 Å². The fraction of sp³-hybridized carbons (Fsp3) is 0.556. The Morgan fingerprint density at radius 2 is 2.22 bits per heavy atom. The third-order valence-electron chi connectivity index (χ3n) is 5.34. The van der Waals surface area contributed by atoms with Gasteiger partial charge >= 0.3 is 5.97 Å². The molecule has 0 aliphatic heterocycles. The molecule has 1 aliphatic rings. The first-order valence-electron chi connectivity index (χ1n) is 9.13. The summed E-state index contributed by atoms with van der Waals surface area (Å²) >= 11 is 0. The normalized spacial score (nSPS) is 22.7. The average Bonchev–Trinajstić information content (AvgIpc) is 3.15. The highest BCUT2D eigenvalue weighted by molar-refractivity contribution is 5.72. The van der Waals surface area contributed by atoms with Crippen LogP contribution in [-0.2, 0) is 9.53 Å². The van der Waals surface area contributed by atoms with Crippen molar-refractivity contribution in [3.8, 4) is 0 Å². The topological polar surface area (TPSA) is 136 Å². The van der Waals surface area contributed by atoms with Crippen LogP contribution in [-0.4, -0.2) is 43.3 Å². The molecule has 9 nitrogen and oxygen atoms in total. The number of nitrogen functional groups attached to an aromatic ring is 1. The van der Waals surface area contributed by atoms with Gasteiger partial charge in [-0.15, -0.1) is 0 Å². The van der Waals surface area contributed by atoms with Gasteiger partial charge in [0.15, 0.2) is 11.2 Å². The number of esters is 1. The molecule has 146 valence electrons. The maximum atomic E-state index is 12.1. The van der Waals surface area contributed by atoms with Crippen LogP contribution in [0.3, 0.4) is 0 Å². The fourth-order valence-electron chi connectivity index (χ4n) is 3.63. The largest absolute Gasteiger partial charge is 0.465 e. The lowest BCUT2D eigenvalue weighted by atomic mass is 10.0. The molecule has 4 N–H and O–H groups in total. The molecule has 3 atom stereocenters. The van der Waals surface area contributed by atoms with Crippen molar-refractivity contribution in [2.24, 2.45) is 11.8 Å². The monoisotopic (exact) mass is 375 g/mol. The summed E-state index contributed by atoms with van der Waals surface area (Å²) in [6, 6.07) is -0.310. The van der Waals surface area contributed by atoms with Crippen LogP contribution < -0.4 is 11.3 Å². The number of nitrogens with two attached hydrogens (primary N) is 1. The molecule has 0 aromatic carbocycles. The molecule has 2 aromatic rings. The van der Waals surface area contributed by atoms with Crippen LogP contribution in [0.15, 0.2) is 23.3 Å². The van der Waals surface area contributed by atoms with Crippen molar-refractivity contribution in [3.63, 3.8) is 0 Å². The number of nitrogens with zero attached hydrogens (tertiary/aromatic N) is 3. The number of aromatic nitrogens is 4. The Kier molecular flexibility index (Phi) is 5.31. The Balaban J connectivity index is 1.79. The van der Waals surface area contributed by atoms with E-state index in [-0.39, 0.29) is 41.9 Å². The Morgan fingerprint density at radius 3 is 2.89 bits per heavy atom. The van der Waals surface area contributed by atoms with Gasteiger partial charge in [0.1, 0.15) is 6.61 Å². The van der Waals surface area contributed by atoms with Crippen LogP contribution in [0.25, 0.3) is 11.2 Å². The highest BCUT2D eigenvalue weighted by Crippen LogP contribution is 2.40. The van der Waals surface area contributed by atoms with Crippen molar-refractivity contribution in [2.45, 2.75) is 45.3 Å². The highest BCUT2D eigenvalue weighted by Gasteiger charge is 2.39. The summed E-state index contributed by atoms with van der Waals surface area (Å²) in [6.07, 6.45) is 2.58. The fourth-order valence-corrected chi connectivity index (χ4v) is 3.63. The second-order valence-electron chi connectivity index (χ2n) is 6.92. The number of H-pyrrole nitrogens is 1. The molecule has 1 saturated carbocycles. The maximum absolute atomic E-state index is 12.1. The molecule has 27 heavy (non-hydrogen) atoms. The summed E-state index contributed by atoms with van der Waals surface area (Å²) < 4.78 is 7.12. The van der Waals surface area contributed by atoms with Crippen molar-refractivity contribution in [2.75, 3.05) is 12.3 Å². The number of aliphatic hydroxyl groups excluding tert-OH is 1. The molecular formula is C18H25N5O4. The molecule has 1 fully saturated rings. The van der Waals surface area contributed by atoms with Gasteiger partial charge in [-0.3, -0.25) is 14.6 Å². The Labute approximate surface area is 156 Å². The molecule has 0 spiro atoms. The van der Waals surface area contributed by atoms with Gasteiger partial charge in [-0.1, -0.05) is 20.4 Å². The van der Waals surface area contributed by atoms with Gasteiger partial charge in [0.05, 0.1) is 24.4 Å². The van der Waals surface area contributed by atoms with Gasteiger partial charge in [-0.05, 0) is 24.8 Å². The predicted molar refractivity (Wildman–Crippen MR) is 99.9 cm³/mol. The van der Waals surface area contributed by atoms with E-state index in [1.54, 1.807) is 4.57 Å². The number of rotatable bonds is 6. The summed E-state index contributed by atoms with van der Waals surface area (Å²) in [5, 5.41) is 10.5. The first kappa shape index (κ1) is 19.1. The zero-order valence-corrected chi connectivity index (χ0v) is 15.5. The molecule has 2 heterocycles. The van der Waals surface area contributed by atoms with Gasteiger partial charge in [-0.2, -0.15) is 4.98 Å². The van der Waals surface area contributed by atoms with Crippen molar-refractivity contribution in [1.29, 1.82) is 0 Å². The second kappa shape index (κ2) is 7.51. The van der Waals surface area contributed by atoms with Crippen LogP contribution in [0.1, 0.15) is 39.2 Å². The Morgan fingerprint density at radius 1 is 1.52 bits per heavy atom. The highest BCUT2D eigenvalue weighted by atomic mass is 16.5. The number of nitrogens with one attached hydrogen (secondary N) is 1. The van der Waals surface area contributed by atoms with Crippen LogP contribution >= 0.6 is 0 Å². The molecule has 0 unspecified atom stereocenters. The van der Waals surface area contributed by atoms with Gasteiger partial charge in [0, 0.05) is 5.92 Å². The summed E-state index contributed by atoms with van der Waals surface area (Å²) in [7, 11) is 0. The van der Waals surface area contributed by atoms with Crippen LogP contribution in [0, 0.1) is 11.8 Å². The van der Waals surface area contributed by atoms with Crippen LogP contribution in [0.5, 0.6) is 0 Å². The summed E-state index contributed by atoms with van der Waals surface area (Å²) in [5.41, 5.74) is 6.44. The quantitative estimate of drug-likeness (QED) is 0.509. The van der Waals surface area contributed by atoms with Crippen LogP contribution in [0.4, 0.5) is 5.95 Å².